The van der Waals surface area contributed by atoms with Crippen molar-refractivity contribution in [1.82, 2.24) is 29.5 Å². The molecule has 1 aliphatic carbocycles. The third-order valence-corrected chi connectivity index (χ3v) is 6.85. The lowest BCUT2D eigenvalue weighted by Crippen LogP contribution is -2.21. The number of aromatic nitrogens is 6. The molecule has 0 spiro atoms. The van der Waals surface area contributed by atoms with Crippen molar-refractivity contribution in [2.24, 2.45) is 5.92 Å². The summed E-state index contributed by atoms with van der Waals surface area (Å²) in [5.74, 6) is -0.381. The summed E-state index contributed by atoms with van der Waals surface area (Å²) in [4.78, 5) is 28.8. The summed E-state index contributed by atoms with van der Waals surface area (Å²) in [7, 11) is 0. The topological polar surface area (TPSA) is 132 Å². The Hall–Kier alpha value is -3.40. The fourth-order valence-electron chi connectivity index (χ4n) is 4.26. The maximum atomic E-state index is 11.3. The van der Waals surface area contributed by atoms with Crippen molar-refractivity contribution in [3.63, 3.8) is 0 Å². The Kier molecular flexibility index (Phi) is 5.30. The lowest BCUT2D eigenvalue weighted by atomic mass is 9.80. The van der Waals surface area contributed by atoms with Crippen LogP contribution < -0.4 is 5.73 Å². The fraction of sp³-hybridized carbons (Fsp3) is 0.273. The van der Waals surface area contributed by atoms with Gasteiger partial charge in [0.25, 0.3) is 0 Å². The van der Waals surface area contributed by atoms with Crippen LogP contribution in [0.3, 0.4) is 0 Å². The van der Waals surface area contributed by atoms with Gasteiger partial charge in [0.2, 0.25) is 0 Å². The van der Waals surface area contributed by atoms with Gasteiger partial charge in [0.05, 0.1) is 28.0 Å². The molecule has 162 valence electrons. The van der Waals surface area contributed by atoms with Crippen LogP contribution in [0.4, 0.5) is 5.82 Å². The van der Waals surface area contributed by atoms with Gasteiger partial charge in [0, 0.05) is 41.2 Å². The molecule has 1 aliphatic rings. The van der Waals surface area contributed by atoms with E-state index in [4.69, 9.17) is 10.7 Å². The predicted molar refractivity (Wildman–Crippen MR) is 122 cm³/mol. The molecule has 0 atom stereocenters. The van der Waals surface area contributed by atoms with E-state index in [1.165, 1.54) is 6.33 Å². The lowest BCUT2D eigenvalue weighted by molar-refractivity contribution is -0.142. The molecule has 1 saturated carbocycles. The SMILES string of the molecule is Nc1c(Br)c([C@H]2CC[C@H](C(=O)O)CC2)nc2c(-c3ccc(-c4cncnc4)nc3)cnn12. The Labute approximate surface area is 191 Å². The molecule has 0 aromatic carbocycles. The highest BCUT2D eigenvalue weighted by Gasteiger charge is 2.30. The maximum absolute atomic E-state index is 11.3. The molecular weight excluding hydrogens is 474 g/mol. The molecule has 4 aromatic rings. The van der Waals surface area contributed by atoms with Gasteiger partial charge < -0.3 is 10.8 Å². The summed E-state index contributed by atoms with van der Waals surface area (Å²) in [5, 5.41) is 13.7. The van der Waals surface area contributed by atoms with Crippen LogP contribution in [0.5, 0.6) is 0 Å². The second-order valence-corrected chi connectivity index (χ2v) is 8.73. The van der Waals surface area contributed by atoms with Gasteiger partial charge in [-0.3, -0.25) is 9.78 Å². The number of nitrogen functional groups attached to an aromatic ring is 1. The zero-order valence-corrected chi connectivity index (χ0v) is 18.6. The van der Waals surface area contributed by atoms with E-state index < -0.39 is 5.97 Å². The summed E-state index contributed by atoms with van der Waals surface area (Å²) in [6, 6.07) is 3.87. The second-order valence-electron chi connectivity index (χ2n) is 7.94. The third kappa shape index (κ3) is 3.60. The van der Waals surface area contributed by atoms with Crippen molar-refractivity contribution in [1.29, 1.82) is 0 Å². The number of aliphatic carboxylic acids is 1. The molecule has 10 heteroatoms. The first-order valence-electron chi connectivity index (χ1n) is 10.3. The molecule has 4 heterocycles. The van der Waals surface area contributed by atoms with Crippen molar-refractivity contribution in [2.45, 2.75) is 31.6 Å². The van der Waals surface area contributed by atoms with Crippen LogP contribution in [-0.4, -0.2) is 40.6 Å². The molecular formula is C22H20BrN7O2. The van der Waals surface area contributed by atoms with Gasteiger partial charge in [0.1, 0.15) is 12.1 Å². The predicted octanol–water partition coefficient (Wildman–Crippen LogP) is 3.95. The Balaban J connectivity index is 1.51. The first-order valence-corrected chi connectivity index (χ1v) is 11.1. The first kappa shape index (κ1) is 20.5. The van der Waals surface area contributed by atoms with Crippen LogP contribution in [0.2, 0.25) is 0 Å². The molecule has 0 amide bonds. The van der Waals surface area contributed by atoms with Gasteiger partial charge in [-0.15, -0.1) is 0 Å². The standard InChI is InChI=1S/C22H20BrN7O2/c23-18-19(12-1-3-13(4-2-12)22(31)32)29-21-16(10-28-30(21)20(18)24)14-5-6-17(27-9-14)15-7-25-11-26-8-15/h5-13H,1-4,24H2,(H,31,32)/t12-,13-. The van der Waals surface area contributed by atoms with Crippen LogP contribution in [0.25, 0.3) is 28.0 Å². The van der Waals surface area contributed by atoms with E-state index in [0.29, 0.717) is 24.3 Å². The van der Waals surface area contributed by atoms with E-state index >= 15 is 0 Å². The minimum Gasteiger partial charge on any atom is -0.481 e. The van der Waals surface area contributed by atoms with Gasteiger partial charge in [-0.2, -0.15) is 9.61 Å². The van der Waals surface area contributed by atoms with Crippen LogP contribution in [0, 0.1) is 5.92 Å². The van der Waals surface area contributed by atoms with Crippen LogP contribution in [0.15, 0.2) is 47.7 Å². The molecule has 32 heavy (non-hydrogen) atoms. The highest BCUT2D eigenvalue weighted by molar-refractivity contribution is 9.10. The smallest absolute Gasteiger partial charge is 0.306 e. The lowest BCUT2D eigenvalue weighted by Gasteiger charge is -2.26. The van der Waals surface area contributed by atoms with E-state index in [1.54, 1.807) is 29.3 Å². The van der Waals surface area contributed by atoms with Crippen molar-refractivity contribution >= 4 is 33.4 Å². The zero-order chi connectivity index (χ0) is 22.2. The number of halogens is 1. The van der Waals surface area contributed by atoms with E-state index in [1.807, 2.05) is 12.1 Å². The number of carboxylic acid groups (broad SMARTS) is 1. The van der Waals surface area contributed by atoms with Gasteiger partial charge >= 0.3 is 5.97 Å². The highest BCUT2D eigenvalue weighted by Crippen LogP contribution is 2.40. The number of fused-ring (bicyclic) bond motifs is 1. The number of nitrogens with two attached hydrogens (primary N) is 1. The molecule has 1 fully saturated rings. The number of pyridine rings is 1. The number of carboxylic acids is 1. The molecule has 0 aliphatic heterocycles. The minimum atomic E-state index is -0.721. The van der Waals surface area contributed by atoms with Crippen LogP contribution in [-0.2, 0) is 4.79 Å². The average Bonchev–Trinajstić information content (AvgIpc) is 3.26. The molecule has 0 saturated heterocycles. The maximum Gasteiger partial charge on any atom is 0.306 e. The number of hydrogen-bond donors (Lipinski definition) is 2. The number of carbonyl (C=O) groups is 1. The highest BCUT2D eigenvalue weighted by atomic mass is 79.9. The summed E-state index contributed by atoms with van der Waals surface area (Å²) >= 11 is 3.59. The molecule has 3 N–H and O–H groups in total. The third-order valence-electron chi connectivity index (χ3n) is 6.04. The molecule has 0 bridgehead atoms. The van der Waals surface area contributed by atoms with Gasteiger partial charge in [0.15, 0.2) is 5.65 Å². The van der Waals surface area contributed by atoms with Crippen molar-refractivity contribution in [3.8, 4) is 22.4 Å². The van der Waals surface area contributed by atoms with Crippen molar-refractivity contribution < 1.29 is 9.90 Å². The Bertz CT molecular complexity index is 1280. The molecule has 4 aromatic heterocycles. The first-order chi connectivity index (χ1) is 15.5. The van der Waals surface area contributed by atoms with E-state index in [9.17, 15) is 9.90 Å². The number of anilines is 1. The number of hydrogen-bond acceptors (Lipinski definition) is 7. The molecule has 9 nitrogen and oxygen atoms in total. The van der Waals surface area contributed by atoms with E-state index in [2.05, 4.69) is 36.0 Å². The molecule has 0 radical (unpaired) electrons. The van der Waals surface area contributed by atoms with Gasteiger partial charge in [-0.05, 0) is 47.7 Å². The fourth-order valence-corrected chi connectivity index (χ4v) is 4.84. The summed E-state index contributed by atoms with van der Waals surface area (Å²) in [5.41, 5.74) is 11.2. The Morgan fingerprint density at radius 2 is 1.81 bits per heavy atom. The van der Waals surface area contributed by atoms with Crippen LogP contribution >= 0.6 is 15.9 Å². The summed E-state index contributed by atoms with van der Waals surface area (Å²) in [6.45, 7) is 0. The molecule has 0 unspecified atom stereocenters. The van der Waals surface area contributed by atoms with Crippen LogP contribution in [0.1, 0.15) is 37.3 Å². The van der Waals surface area contributed by atoms with Gasteiger partial charge in [-0.25, -0.2) is 15.0 Å². The van der Waals surface area contributed by atoms with E-state index in [-0.39, 0.29) is 11.8 Å². The average molecular weight is 494 g/mol. The monoisotopic (exact) mass is 493 g/mol. The Morgan fingerprint density at radius 3 is 2.47 bits per heavy atom. The van der Waals surface area contributed by atoms with Gasteiger partial charge in [-0.1, -0.05) is 6.07 Å². The molecule has 5 rings (SSSR count). The van der Waals surface area contributed by atoms with Crippen molar-refractivity contribution in [3.05, 3.63) is 53.4 Å². The number of nitrogens with zero attached hydrogens (tertiary/aromatic N) is 6. The van der Waals surface area contributed by atoms with Crippen molar-refractivity contribution in [2.75, 3.05) is 5.73 Å². The summed E-state index contributed by atoms with van der Waals surface area (Å²) < 4.78 is 2.33. The zero-order valence-electron chi connectivity index (χ0n) is 17.0. The van der Waals surface area contributed by atoms with E-state index in [0.717, 1.165) is 45.4 Å². The largest absolute Gasteiger partial charge is 0.481 e. The summed E-state index contributed by atoms with van der Waals surface area (Å²) in [6.07, 6.45) is 11.2. The quantitative estimate of drug-likeness (QED) is 0.436. The normalized spacial score (nSPS) is 18.7. The Morgan fingerprint density at radius 1 is 1.06 bits per heavy atom. The number of rotatable bonds is 4. The second kappa shape index (κ2) is 8.27. The minimum absolute atomic E-state index is 0.147.